The van der Waals surface area contributed by atoms with E-state index in [2.05, 4.69) is 9.80 Å². The van der Waals surface area contributed by atoms with E-state index in [-0.39, 0.29) is 37.8 Å². The molecule has 2 aromatic carbocycles. The van der Waals surface area contributed by atoms with E-state index < -0.39 is 52.6 Å². The van der Waals surface area contributed by atoms with Gasteiger partial charge in [0.1, 0.15) is 0 Å². The highest BCUT2D eigenvalue weighted by Gasteiger charge is 2.39. The van der Waals surface area contributed by atoms with Crippen molar-refractivity contribution in [3.8, 4) is 5.75 Å². The van der Waals surface area contributed by atoms with Crippen molar-refractivity contribution in [1.29, 1.82) is 0 Å². The molecule has 6 nitrogen and oxygen atoms in total. The van der Waals surface area contributed by atoms with E-state index in [9.17, 15) is 40.6 Å². The Morgan fingerprint density at radius 1 is 0.878 bits per heavy atom. The van der Waals surface area contributed by atoms with Gasteiger partial charge in [0.2, 0.25) is 0 Å². The molecule has 226 valence electrons. The summed E-state index contributed by atoms with van der Waals surface area (Å²) in [6, 6.07) is 3.87. The van der Waals surface area contributed by atoms with E-state index in [1.165, 1.54) is 17.0 Å². The number of rotatable bonds is 6. The Morgan fingerprint density at radius 3 is 2.02 bits per heavy atom. The predicted octanol–water partition coefficient (Wildman–Crippen LogP) is 5.05. The maximum absolute atomic E-state index is 13.6. The van der Waals surface area contributed by atoms with E-state index in [1.54, 1.807) is 0 Å². The summed E-state index contributed by atoms with van der Waals surface area (Å²) >= 11 is 0. The number of phenols is 1. The number of hydrogen-bond acceptors (Lipinski definition) is 5. The number of amides is 1. The fourth-order valence-corrected chi connectivity index (χ4v) is 5.52. The van der Waals surface area contributed by atoms with Crippen LogP contribution in [0.2, 0.25) is 0 Å². The first-order chi connectivity index (χ1) is 19.1. The summed E-state index contributed by atoms with van der Waals surface area (Å²) in [6.45, 7) is 7.49. The van der Waals surface area contributed by atoms with Crippen molar-refractivity contribution in [2.75, 3.05) is 45.8 Å². The molecular weight excluding hydrogens is 559 g/mol. The molecule has 0 spiro atoms. The molecule has 2 aliphatic rings. The number of benzene rings is 2. The highest BCUT2D eigenvalue weighted by molar-refractivity contribution is 5.95. The number of ether oxygens (including phenoxy) is 1. The van der Waals surface area contributed by atoms with E-state index in [0.29, 0.717) is 37.3 Å². The number of phenolic OH excluding ortho intramolecular Hbond substituents is 1. The number of carbonyl (C=O) groups is 1. The maximum Gasteiger partial charge on any atom is 0.416 e. The average molecular weight is 592 g/mol. The third kappa shape index (κ3) is 7.89. The molecule has 2 aromatic rings. The van der Waals surface area contributed by atoms with Crippen LogP contribution in [-0.2, 0) is 23.5 Å². The second-order valence-electron chi connectivity index (χ2n) is 10.8. The van der Waals surface area contributed by atoms with Crippen LogP contribution >= 0.6 is 0 Å². The van der Waals surface area contributed by atoms with Gasteiger partial charge in [-0.3, -0.25) is 14.6 Å². The van der Waals surface area contributed by atoms with Gasteiger partial charge in [-0.25, -0.2) is 4.39 Å². The van der Waals surface area contributed by atoms with E-state index in [1.807, 2.05) is 13.8 Å². The molecule has 2 saturated heterocycles. The summed E-state index contributed by atoms with van der Waals surface area (Å²) in [6.07, 6.45) is -9.93. The van der Waals surface area contributed by atoms with Gasteiger partial charge in [-0.2, -0.15) is 26.3 Å². The summed E-state index contributed by atoms with van der Waals surface area (Å²) < 4.78 is 100. The topological polar surface area (TPSA) is 56.2 Å². The molecule has 0 saturated carbocycles. The number of piperazine rings is 1. The van der Waals surface area contributed by atoms with Crippen molar-refractivity contribution < 1.29 is 45.4 Å². The zero-order valence-corrected chi connectivity index (χ0v) is 22.6. The molecule has 0 aliphatic carbocycles. The average Bonchev–Trinajstić information content (AvgIpc) is 2.87. The molecule has 0 radical (unpaired) electrons. The molecule has 2 unspecified atom stereocenters. The number of nitrogens with zero attached hydrogens (tertiary/aromatic N) is 3. The van der Waals surface area contributed by atoms with Gasteiger partial charge < -0.3 is 14.7 Å². The summed E-state index contributed by atoms with van der Waals surface area (Å²) in [5, 5.41) is 9.82. The number of aromatic hydroxyl groups is 1. The Balaban J connectivity index is 1.58. The van der Waals surface area contributed by atoms with Crippen LogP contribution in [0.5, 0.6) is 5.75 Å². The SMILES string of the molecule is CC1CN(CCN2CCN(C(=O)c3cc(C(F)(F)F)cc(C(F)(F)F)c3)[C@H](Cc3ccc(F)c(O)c3)C2)CC(C)O1. The number of carbonyl (C=O) groups excluding carboxylic acids is 1. The van der Waals surface area contributed by atoms with Crippen molar-refractivity contribution >= 4 is 5.91 Å². The minimum Gasteiger partial charge on any atom is -0.505 e. The van der Waals surface area contributed by atoms with Gasteiger partial charge in [0.05, 0.1) is 23.3 Å². The van der Waals surface area contributed by atoms with Crippen molar-refractivity contribution in [2.24, 2.45) is 0 Å². The van der Waals surface area contributed by atoms with Crippen LogP contribution in [0.25, 0.3) is 0 Å². The van der Waals surface area contributed by atoms with Crippen molar-refractivity contribution in [3.05, 3.63) is 64.5 Å². The molecule has 1 N–H and O–H groups in total. The Bertz CT molecular complexity index is 1200. The lowest BCUT2D eigenvalue weighted by molar-refractivity contribution is -0.143. The standard InChI is InChI=1S/C28H32F7N3O3/c1-17-14-37(15-18(2)41-17)6-5-36-7-8-38(23(16-36)9-19-3-4-24(29)25(39)10-19)26(40)20-11-21(27(30,31)32)13-22(12-20)28(33,34)35/h3-4,10-13,17-18,23,39H,5-9,14-16H2,1-2H3/t17?,18?,23-/m1/s1. The van der Waals surface area contributed by atoms with Gasteiger partial charge in [0, 0.05) is 57.4 Å². The maximum atomic E-state index is 13.6. The van der Waals surface area contributed by atoms with Gasteiger partial charge in [-0.1, -0.05) is 6.07 Å². The molecule has 1 amide bonds. The number of morpholine rings is 1. The molecular formula is C28H32F7N3O3. The van der Waals surface area contributed by atoms with Gasteiger partial charge in [0.25, 0.3) is 5.91 Å². The van der Waals surface area contributed by atoms with Gasteiger partial charge >= 0.3 is 12.4 Å². The zero-order chi connectivity index (χ0) is 30.1. The Kier molecular flexibility index (Phi) is 9.19. The molecule has 4 rings (SSSR count). The summed E-state index contributed by atoms with van der Waals surface area (Å²) in [4.78, 5) is 19.1. The molecule has 0 aromatic heterocycles. The lowest BCUT2D eigenvalue weighted by Gasteiger charge is -2.43. The Morgan fingerprint density at radius 2 is 1.46 bits per heavy atom. The van der Waals surface area contributed by atoms with E-state index in [0.717, 1.165) is 19.2 Å². The lowest BCUT2D eigenvalue weighted by Crippen LogP contribution is -2.57. The number of alkyl halides is 6. The minimum absolute atomic E-state index is 0.0131. The van der Waals surface area contributed by atoms with Crippen LogP contribution in [-0.4, -0.2) is 89.8 Å². The molecule has 0 bridgehead atoms. The highest BCUT2D eigenvalue weighted by atomic mass is 19.4. The van der Waals surface area contributed by atoms with E-state index in [4.69, 9.17) is 4.74 Å². The van der Waals surface area contributed by atoms with Crippen LogP contribution in [0.15, 0.2) is 36.4 Å². The monoisotopic (exact) mass is 591 g/mol. The second-order valence-corrected chi connectivity index (χ2v) is 10.8. The lowest BCUT2D eigenvalue weighted by atomic mass is 9.99. The van der Waals surface area contributed by atoms with Crippen molar-refractivity contribution in [2.45, 2.75) is 50.9 Å². The zero-order valence-electron chi connectivity index (χ0n) is 22.6. The van der Waals surface area contributed by atoms with Crippen molar-refractivity contribution in [3.63, 3.8) is 0 Å². The fraction of sp³-hybridized carbons (Fsp3) is 0.536. The summed E-state index contributed by atoms with van der Waals surface area (Å²) in [5.41, 5.74) is -3.39. The first kappa shape index (κ1) is 31.0. The van der Waals surface area contributed by atoms with Crippen LogP contribution in [0, 0.1) is 5.82 Å². The van der Waals surface area contributed by atoms with Crippen LogP contribution in [0.3, 0.4) is 0 Å². The fourth-order valence-electron chi connectivity index (χ4n) is 5.52. The number of halogens is 7. The van der Waals surface area contributed by atoms with E-state index >= 15 is 0 Å². The van der Waals surface area contributed by atoms with Crippen LogP contribution < -0.4 is 0 Å². The normalized spacial score (nSPS) is 23.1. The molecule has 3 atom stereocenters. The van der Waals surface area contributed by atoms with Gasteiger partial charge in [-0.15, -0.1) is 0 Å². The molecule has 2 aliphatic heterocycles. The smallest absolute Gasteiger partial charge is 0.416 e. The molecule has 2 fully saturated rings. The molecule has 13 heteroatoms. The van der Waals surface area contributed by atoms with Crippen LogP contribution in [0.4, 0.5) is 30.7 Å². The largest absolute Gasteiger partial charge is 0.505 e. The van der Waals surface area contributed by atoms with Crippen LogP contribution in [0.1, 0.15) is 40.9 Å². The van der Waals surface area contributed by atoms with Crippen molar-refractivity contribution in [1.82, 2.24) is 14.7 Å². The third-order valence-corrected chi connectivity index (χ3v) is 7.37. The van der Waals surface area contributed by atoms with Gasteiger partial charge in [-0.05, 0) is 56.2 Å². The molecule has 41 heavy (non-hydrogen) atoms. The van der Waals surface area contributed by atoms with Gasteiger partial charge in [0.15, 0.2) is 11.6 Å². The highest BCUT2D eigenvalue weighted by Crippen LogP contribution is 2.37. The Hall–Kier alpha value is -2.90. The Labute approximate surface area is 233 Å². The number of hydrogen-bond donors (Lipinski definition) is 1. The predicted molar refractivity (Wildman–Crippen MR) is 136 cm³/mol. The summed E-state index contributed by atoms with van der Waals surface area (Å²) in [7, 11) is 0. The quantitative estimate of drug-likeness (QED) is 0.477. The third-order valence-electron chi connectivity index (χ3n) is 7.37. The first-order valence-electron chi connectivity index (χ1n) is 13.3. The molecule has 2 heterocycles. The second kappa shape index (κ2) is 12.1. The summed E-state index contributed by atoms with van der Waals surface area (Å²) in [5.74, 6) is -2.41. The first-order valence-corrected chi connectivity index (χ1v) is 13.3. The minimum atomic E-state index is -5.09.